The second-order valence-corrected chi connectivity index (χ2v) is 6.74. The average molecular weight is 357 g/mol. The molecule has 0 saturated heterocycles. The predicted octanol–water partition coefficient (Wildman–Crippen LogP) is 1.70. The standard InChI is InChI=1S/C18H23N5O3/c1-3-4-9-23-16(24)14-15(20(2)18(23)25)19-17-21(8-6-10-22(14)17)12-13-7-5-11-26-13/h5,7,11H,3-4,6,8-10,12H2,1-2H3. The summed E-state index contributed by atoms with van der Waals surface area (Å²) in [6, 6.07) is 3.79. The quantitative estimate of drug-likeness (QED) is 0.694. The second kappa shape index (κ2) is 6.51. The topological polar surface area (TPSA) is 78.2 Å². The largest absolute Gasteiger partial charge is 0.467 e. The molecular weight excluding hydrogens is 334 g/mol. The number of nitrogens with zero attached hydrogens (tertiary/aromatic N) is 5. The number of hydrogen-bond acceptors (Lipinski definition) is 5. The van der Waals surface area contributed by atoms with Crippen LogP contribution in [-0.4, -0.2) is 25.2 Å². The van der Waals surface area contributed by atoms with E-state index in [9.17, 15) is 9.59 Å². The van der Waals surface area contributed by atoms with Gasteiger partial charge in [0.2, 0.25) is 5.95 Å². The van der Waals surface area contributed by atoms with Crippen molar-refractivity contribution in [3.63, 3.8) is 0 Å². The summed E-state index contributed by atoms with van der Waals surface area (Å²) in [5, 5.41) is 0. The molecule has 0 spiro atoms. The molecule has 0 N–H and O–H groups in total. The van der Waals surface area contributed by atoms with E-state index in [4.69, 9.17) is 4.42 Å². The first kappa shape index (κ1) is 16.7. The van der Waals surface area contributed by atoms with E-state index in [0.29, 0.717) is 24.3 Å². The first-order valence-electron chi connectivity index (χ1n) is 9.09. The van der Waals surface area contributed by atoms with Crippen LogP contribution in [0.15, 0.2) is 32.4 Å². The Morgan fingerprint density at radius 2 is 2.12 bits per heavy atom. The van der Waals surface area contributed by atoms with Crippen LogP contribution >= 0.6 is 0 Å². The van der Waals surface area contributed by atoms with Crippen molar-refractivity contribution in [1.82, 2.24) is 18.7 Å². The molecule has 0 saturated carbocycles. The Hall–Kier alpha value is -2.77. The summed E-state index contributed by atoms with van der Waals surface area (Å²) in [7, 11) is 1.68. The molecule has 26 heavy (non-hydrogen) atoms. The molecule has 4 heterocycles. The van der Waals surface area contributed by atoms with Gasteiger partial charge in [-0.25, -0.2) is 4.79 Å². The zero-order valence-corrected chi connectivity index (χ0v) is 15.1. The van der Waals surface area contributed by atoms with Gasteiger partial charge in [-0.2, -0.15) is 4.98 Å². The molecule has 1 aliphatic rings. The SMILES string of the molecule is CCCCn1c(=O)c2c(nc3n2CCCN3Cc2ccco2)n(C)c1=O. The molecule has 0 aliphatic carbocycles. The van der Waals surface area contributed by atoms with Crippen LogP contribution in [0.3, 0.4) is 0 Å². The first-order valence-corrected chi connectivity index (χ1v) is 9.09. The van der Waals surface area contributed by atoms with Gasteiger partial charge in [0, 0.05) is 26.7 Å². The Kier molecular flexibility index (Phi) is 4.18. The molecule has 8 heteroatoms. The molecule has 0 fully saturated rings. The number of anilines is 1. The number of unbranched alkanes of at least 4 members (excludes halogenated alkanes) is 1. The Morgan fingerprint density at radius 1 is 1.27 bits per heavy atom. The van der Waals surface area contributed by atoms with E-state index in [2.05, 4.69) is 9.88 Å². The smallest absolute Gasteiger partial charge is 0.332 e. The Balaban J connectivity index is 1.87. The van der Waals surface area contributed by atoms with Gasteiger partial charge in [-0.05, 0) is 25.0 Å². The fourth-order valence-electron chi connectivity index (χ4n) is 3.59. The maximum absolute atomic E-state index is 13.0. The van der Waals surface area contributed by atoms with E-state index in [1.807, 2.05) is 23.6 Å². The van der Waals surface area contributed by atoms with Crippen LogP contribution in [0.1, 0.15) is 31.9 Å². The van der Waals surface area contributed by atoms with Gasteiger partial charge in [-0.1, -0.05) is 13.3 Å². The number of furan rings is 1. The lowest BCUT2D eigenvalue weighted by atomic mass is 10.3. The summed E-state index contributed by atoms with van der Waals surface area (Å²) in [5.41, 5.74) is 0.426. The number of imidazole rings is 1. The Bertz CT molecular complexity index is 1040. The van der Waals surface area contributed by atoms with Gasteiger partial charge in [0.05, 0.1) is 12.8 Å². The summed E-state index contributed by atoms with van der Waals surface area (Å²) in [5.74, 6) is 1.57. The number of rotatable bonds is 5. The molecule has 0 amide bonds. The zero-order chi connectivity index (χ0) is 18.3. The highest BCUT2D eigenvalue weighted by molar-refractivity contribution is 5.74. The molecule has 0 bridgehead atoms. The summed E-state index contributed by atoms with van der Waals surface area (Å²) in [6.45, 7) is 4.63. The van der Waals surface area contributed by atoms with Gasteiger partial charge in [0.15, 0.2) is 11.2 Å². The van der Waals surface area contributed by atoms with Crippen LogP contribution in [0, 0.1) is 0 Å². The maximum atomic E-state index is 13.0. The van der Waals surface area contributed by atoms with E-state index >= 15 is 0 Å². The number of aromatic nitrogens is 4. The molecule has 0 radical (unpaired) electrons. The van der Waals surface area contributed by atoms with Crippen molar-refractivity contribution in [2.45, 2.75) is 45.8 Å². The molecule has 3 aromatic heterocycles. The van der Waals surface area contributed by atoms with E-state index in [1.54, 1.807) is 13.3 Å². The highest BCUT2D eigenvalue weighted by Gasteiger charge is 2.26. The maximum Gasteiger partial charge on any atom is 0.332 e. The van der Waals surface area contributed by atoms with E-state index in [-0.39, 0.29) is 11.2 Å². The van der Waals surface area contributed by atoms with Crippen molar-refractivity contribution < 1.29 is 4.42 Å². The van der Waals surface area contributed by atoms with E-state index in [0.717, 1.165) is 44.1 Å². The lowest BCUT2D eigenvalue weighted by molar-refractivity contribution is 0.481. The summed E-state index contributed by atoms with van der Waals surface area (Å²) in [6.07, 6.45) is 4.29. The van der Waals surface area contributed by atoms with Gasteiger partial charge < -0.3 is 13.9 Å². The van der Waals surface area contributed by atoms with Gasteiger partial charge in [-0.15, -0.1) is 0 Å². The zero-order valence-electron chi connectivity index (χ0n) is 15.1. The lowest BCUT2D eigenvalue weighted by Crippen LogP contribution is -2.40. The third-order valence-electron chi connectivity index (χ3n) is 4.97. The van der Waals surface area contributed by atoms with Crippen LogP contribution in [-0.2, 0) is 26.7 Å². The normalized spacial score (nSPS) is 14.2. The molecule has 0 atom stereocenters. The summed E-state index contributed by atoms with van der Waals surface area (Å²) in [4.78, 5) is 32.4. The number of fused-ring (bicyclic) bond motifs is 3. The highest BCUT2D eigenvalue weighted by atomic mass is 16.3. The van der Waals surface area contributed by atoms with Crippen LogP contribution in [0.4, 0.5) is 5.95 Å². The monoisotopic (exact) mass is 357 g/mol. The van der Waals surface area contributed by atoms with Gasteiger partial charge in [0.1, 0.15) is 5.76 Å². The second-order valence-electron chi connectivity index (χ2n) is 6.74. The number of aryl methyl sites for hydroxylation is 2. The van der Waals surface area contributed by atoms with Crippen LogP contribution < -0.4 is 16.1 Å². The van der Waals surface area contributed by atoms with Crippen molar-refractivity contribution in [2.24, 2.45) is 7.05 Å². The minimum Gasteiger partial charge on any atom is -0.467 e. The van der Waals surface area contributed by atoms with Crippen molar-refractivity contribution >= 4 is 17.1 Å². The molecule has 3 aromatic rings. The third kappa shape index (κ3) is 2.56. The lowest BCUT2D eigenvalue weighted by Gasteiger charge is -2.28. The third-order valence-corrected chi connectivity index (χ3v) is 4.97. The minimum atomic E-state index is -0.302. The van der Waals surface area contributed by atoms with Gasteiger partial charge >= 0.3 is 5.69 Å². The Labute approximate surface area is 150 Å². The van der Waals surface area contributed by atoms with Crippen molar-refractivity contribution in [1.29, 1.82) is 0 Å². The van der Waals surface area contributed by atoms with Crippen LogP contribution in [0.2, 0.25) is 0 Å². The summed E-state index contributed by atoms with van der Waals surface area (Å²) >= 11 is 0. The van der Waals surface area contributed by atoms with Crippen molar-refractivity contribution in [2.75, 3.05) is 11.4 Å². The first-order chi connectivity index (χ1) is 12.6. The predicted molar refractivity (Wildman–Crippen MR) is 98.5 cm³/mol. The molecular formula is C18H23N5O3. The van der Waals surface area contributed by atoms with Crippen molar-refractivity contribution in [3.8, 4) is 0 Å². The Morgan fingerprint density at radius 3 is 2.85 bits per heavy atom. The highest BCUT2D eigenvalue weighted by Crippen LogP contribution is 2.25. The van der Waals surface area contributed by atoms with Crippen LogP contribution in [0.25, 0.3) is 11.2 Å². The minimum absolute atomic E-state index is 0.241. The van der Waals surface area contributed by atoms with Crippen molar-refractivity contribution in [3.05, 3.63) is 45.0 Å². The fraction of sp³-hybridized carbons (Fsp3) is 0.500. The van der Waals surface area contributed by atoms with Gasteiger partial charge in [-0.3, -0.25) is 13.9 Å². The molecule has 1 aliphatic heterocycles. The average Bonchev–Trinajstić information content (AvgIpc) is 3.28. The molecule has 8 nitrogen and oxygen atoms in total. The molecule has 0 aromatic carbocycles. The van der Waals surface area contributed by atoms with Gasteiger partial charge in [0.25, 0.3) is 5.56 Å². The fourth-order valence-corrected chi connectivity index (χ4v) is 3.59. The molecule has 138 valence electrons. The summed E-state index contributed by atoms with van der Waals surface area (Å²) < 4.78 is 10.2. The number of hydrogen-bond donors (Lipinski definition) is 0. The van der Waals surface area contributed by atoms with E-state index in [1.165, 1.54) is 9.13 Å². The molecule has 4 rings (SSSR count). The molecule has 0 unspecified atom stereocenters. The van der Waals surface area contributed by atoms with Crippen LogP contribution in [0.5, 0.6) is 0 Å². The van der Waals surface area contributed by atoms with E-state index < -0.39 is 0 Å².